The van der Waals surface area contributed by atoms with Crippen LogP contribution < -0.4 is 0 Å². The highest BCUT2D eigenvalue weighted by Gasteiger charge is 2.42. The molecule has 3 heterocycles. The first-order valence-corrected chi connectivity index (χ1v) is 12.4. The minimum atomic E-state index is -0.528. The van der Waals surface area contributed by atoms with E-state index in [1.165, 1.54) is 6.92 Å². The maximum absolute atomic E-state index is 13.0. The van der Waals surface area contributed by atoms with Gasteiger partial charge in [0.25, 0.3) is 5.91 Å². The molecular formula is C24H39N5O6. The summed E-state index contributed by atoms with van der Waals surface area (Å²) in [5, 5.41) is 0. The average Bonchev–Trinajstić information content (AvgIpc) is 3.32. The van der Waals surface area contributed by atoms with Gasteiger partial charge in [-0.2, -0.15) is 0 Å². The Bertz CT molecular complexity index is 846. The van der Waals surface area contributed by atoms with Crippen molar-refractivity contribution in [3.63, 3.8) is 0 Å². The molecule has 0 aromatic carbocycles. The number of amides is 3. The lowest BCUT2D eigenvalue weighted by atomic mass is 10.0. The van der Waals surface area contributed by atoms with Gasteiger partial charge in [-0.3, -0.25) is 14.4 Å². The lowest BCUT2D eigenvalue weighted by molar-refractivity contribution is -0.148. The molecule has 35 heavy (non-hydrogen) atoms. The van der Waals surface area contributed by atoms with E-state index in [2.05, 4.69) is 0 Å². The molecule has 0 aliphatic carbocycles. The van der Waals surface area contributed by atoms with E-state index in [0.29, 0.717) is 58.1 Å². The van der Waals surface area contributed by atoms with Crippen LogP contribution in [-0.2, 0) is 23.9 Å². The fourth-order valence-corrected chi connectivity index (χ4v) is 4.49. The number of carbonyl (C=O) groups excluding carboxylic acids is 4. The molecule has 0 aromatic rings. The summed E-state index contributed by atoms with van der Waals surface area (Å²) in [7, 11) is 0. The van der Waals surface area contributed by atoms with E-state index in [0.717, 1.165) is 6.42 Å². The highest BCUT2D eigenvalue weighted by molar-refractivity contribution is 5.95. The van der Waals surface area contributed by atoms with Gasteiger partial charge in [-0.25, -0.2) is 4.79 Å². The number of piperidine rings is 1. The van der Waals surface area contributed by atoms with Crippen LogP contribution in [0, 0.1) is 0 Å². The van der Waals surface area contributed by atoms with Gasteiger partial charge in [0.1, 0.15) is 11.3 Å². The number of fused-ring (bicyclic) bond motifs is 1. The maximum Gasteiger partial charge on any atom is 0.410 e. The number of ether oxygens (including phenoxy) is 2. The number of likely N-dealkylation sites (tertiary alicyclic amines) is 1. The van der Waals surface area contributed by atoms with Gasteiger partial charge >= 0.3 is 12.1 Å². The molecule has 3 amide bonds. The summed E-state index contributed by atoms with van der Waals surface area (Å²) in [5.74, 6) is -0.461. The van der Waals surface area contributed by atoms with Crippen LogP contribution in [0.5, 0.6) is 0 Å². The van der Waals surface area contributed by atoms with Gasteiger partial charge in [-0.1, -0.05) is 6.92 Å². The van der Waals surface area contributed by atoms with Crippen LogP contribution in [0.15, 0.2) is 11.9 Å². The third-order valence-corrected chi connectivity index (χ3v) is 6.27. The fraction of sp³-hybridized carbons (Fsp3) is 0.750. The second-order valence-corrected chi connectivity index (χ2v) is 10.3. The number of esters is 1. The molecular weight excluding hydrogens is 454 g/mol. The zero-order valence-electron chi connectivity index (χ0n) is 21.6. The zero-order valence-corrected chi connectivity index (χ0v) is 21.6. The normalized spacial score (nSPS) is 18.5. The highest BCUT2D eigenvalue weighted by atomic mass is 16.6. The summed E-state index contributed by atoms with van der Waals surface area (Å²) in [6.45, 7) is 12.1. The topological polar surface area (TPSA) is 103 Å². The van der Waals surface area contributed by atoms with E-state index < -0.39 is 5.60 Å². The van der Waals surface area contributed by atoms with Crippen LogP contribution in [0.25, 0.3) is 0 Å². The van der Waals surface area contributed by atoms with Gasteiger partial charge in [0.05, 0.1) is 19.8 Å². The largest absolute Gasteiger partial charge is 0.444 e. The molecule has 3 aliphatic heterocycles. The first-order valence-electron chi connectivity index (χ1n) is 12.4. The van der Waals surface area contributed by atoms with Crippen molar-refractivity contribution in [3.8, 4) is 0 Å². The zero-order chi connectivity index (χ0) is 25.8. The predicted molar refractivity (Wildman–Crippen MR) is 127 cm³/mol. The van der Waals surface area contributed by atoms with Crippen LogP contribution in [0.1, 0.15) is 60.3 Å². The Balaban J connectivity index is 1.43. The number of hydrogen-bond acceptors (Lipinski definition) is 8. The van der Waals surface area contributed by atoms with Gasteiger partial charge in [-0.15, -0.1) is 0 Å². The Morgan fingerprint density at radius 3 is 2.37 bits per heavy atom. The van der Waals surface area contributed by atoms with Crippen molar-refractivity contribution in [3.05, 3.63) is 11.9 Å². The highest BCUT2D eigenvalue weighted by Crippen LogP contribution is 2.29. The molecule has 0 aromatic heterocycles. The molecule has 0 spiro atoms. The molecule has 0 bridgehead atoms. The van der Waals surface area contributed by atoms with E-state index >= 15 is 0 Å². The van der Waals surface area contributed by atoms with Crippen molar-refractivity contribution < 1.29 is 28.7 Å². The molecule has 0 atom stereocenters. The molecule has 0 unspecified atom stereocenters. The summed E-state index contributed by atoms with van der Waals surface area (Å²) >= 11 is 0. The Morgan fingerprint density at radius 2 is 1.80 bits per heavy atom. The van der Waals surface area contributed by atoms with Crippen LogP contribution in [0.4, 0.5) is 4.79 Å². The summed E-state index contributed by atoms with van der Waals surface area (Å²) in [6.07, 6.45) is 3.83. The lowest BCUT2D eigenvalue weighted by Crippen LogP contribution is -2.49. The first kappa shape index (κ1) is 26.6. The van der Waals surface area contributed by atoms with Crippen LogP contribution in [0.3, 0.4) is 0 Å². The number of rotatable bonds is 8. The van der Waals surface area contributed by atoms with Crippen molar-refractivity contribution in [2.45, 2.75) is 71.9 Å². The molecule has 196 valence electrons. The second kappa shape index (κ2) is 11.2. The van der Waals surface area contributed by atoms with Crippen molar-refractivity contribution in [1.82, 2.24) is 24.5 Å². The summed E-state index contributed by atoms with van der Waals surface area (Å²) in [6, 6.07) is 0.0753. The van der Waals surface area contributed by atoms with Gasteiger partial charge < -0.3 is 34.0 Å². The molecule has 11 heteroatoms. The quantitative estimate of drug-likeness (QED) is 0.471. The van der Waals surface area contributed by atoms with Crippen LogP contribution in [0.2, 0.25) is 0 Å². The van der Waals surface area contributed by atoms with Crippen LogP contribution >= 0.6 is 0 Å². The Labute approximate surface area is 207 Å². The summed E-state index contributed by atoms with van der Waals surface area (Å²) in [5.41, 5.74) is 0.0709. The molecule has 3 aliphatic rings. The molecule has 2 fully saturated rings. The SMILES string of the molecule is CCCN(CCC(=O)OCN1C=C2C(=O)N(C3CCN(C(=O)OC(C)(C)C)CC3)CN2C1)C(C)=O. The van der Waals surface area contributed by atoms with E-state index in [1.54, 1.807) is 20.9 Å². The van der Waals surface area contributed by atoms with Gasteiger partial charge in [-0.05, 0) is 40.0 Å². The molecule has 0 radical (unpaired) electrons. The van der Waals surface area contributed by atoms with E-state index in [9.17, 15) is 19.2 Å². The van der Waals surface area contributed by atoms with E-state index in [-0.39, 0.29) is 43.1 Å². The van der Waals surface area contributed by atoms with Crippen molar-refractivity contribution in [2.75, 3.05) is 46.2 Å². The minimum absolute atomic E-state index is 0.0359. The summed E-state index contributed by atoms with van der Waals surface area (Å²) < 4.78 is 10.8. The number of carbonyl (C=O) groups is 4. The van der Waals surface area contributed by atoms with Crippen LogP contribution in [-0.4, -0.2) is 106 Å². The third kappa shape index (κ3) is 7.02. The molecule has 0 saturated carbocycles. The Hall–Kier alpha value is -2.98. The summed E-state index contributed by atoms with van der Waals surface area (Å²) in [4.78, 5) is 58.0. The standard InChI is InChI=1S/C24H39N5O6/c1-6-10-26(18(2)30)13-9-21(31)34-17-25-14-20-22(32)29(16-28(20)15-25)19-7-11-27(12-8-19)23(33)35-24(3,4)5/h14,19H,6-13,15-17H2,1-5H3. The molecule has 11 nitrogen and oxygen atoms in total. The van der Waals surface area contributed by atoms with Gasteiger partial charge in [0.2, 0.25) is 5.91 Å². The second-order valence-electron chi connectivity index (χ2n) is 10.3. The number of nitrogens with zero attached hydrogens (tertiary/aromatic N) is 5. The fourth-order valence-electron chi connectivity index (χ4n) is 4.49. The van der Waals surface area contributed by atoms with Crippen molar-refractivity contribution in [1.29, 1.82) is 0 Å². The van der Waals surface area contributed by atoms with Crippen molar-refractivity contribution in [2.24, 2.45) is 0 Å². The molecule has 0 N–H and O–H groups in total. The molecule has 2 saturated heterocycles. The first-order chi connectivity index (χ1) is 16.5. The average molecular weight is 494 g/mol. The maximum atomic E-state index is 13.0. The monoisotopic (exact) mass is 493 g/mol. The lowest BCUT2D eigenvalue weighted by Gasteiger charge is -2.37. The van der Waals surface area contributed by atoms with Crippen molar-refractivity contribution >= 4 is 23.9 Å². The Morgan fingerprint density at radius 1 is 1.11 bits per heavy atom. The van der Waals surface area contributed by atoms with E-state index in [1.807, 2.05) is 37.5 Å². The van der Waals surface area contributed by atoms with E-state index in [4.69, 9.17) is 9.47 Å². The Kier molecular flexibility index (Phi) is 8.50. The van der Waals surface area contributed by atoms with Gasteiger partial charge in [0.15, 0.2) is 6.73 Å². The predicted octanol–water partition coefficient (Wildman–Crippen LogP) is 1.75. The smallest absolute Gasteiger partial charge is 0.410 e. The molecule has 3 rings (SSSR count). The minimum Gasteiger partial charge on any atom is -0.444 e. The third-order valence-electron chi connectivity index (χ3n) is 6.27. The van der Waals surface area contributed by atoms with Gasteiger partial charge in [0, 0.05) is 45.3 Å². The number of hydrogen-bond donors (Lipinski definition) is 0.